The van der Waals surface area contributed by atoms with Gasteiger partial charge in [-0.15, -0.1) is 0 Å². The molecule has 8 nitrogen and oxygen atoms in total. The van der Waals surface area contributed by atoms with E-state index in [4.69, 9.17) is 0 Å². The van der Waals surface area contributed by atoms with E-state index in [1.54, 1.807) is 30.1 Å². The minimum absolute atomic E-state index is 0.216. The van der Waals surface area contributed by atoms with Gasteiger partial charge < -0.3 is 15.7 Å². The van der Waals surface area contributed by atoms with Crippen LogP contribution in [-0.4, -0.2) is 42.9 Å². The van der Waals surface area contributed by atoms with E-state index in [1.807, 2.05) is 26.0 Å². The summed E-state index contributed by atoms with van der Waals surface area (Å²) in [4.78, 5) is 21.6. The molecule has 1 saturated carbocycles. The van der Waals surface area contributed by atoms with Gasteiger partial charge in [-0.1, -0.05) is 18.9 Å². The molecule has 0 bridgehead atoms. The van der Waals surface area contributed by atoms with E-state index in [9.17, 15) is 9.90 Å². The number of hydrogen-bond acceptors (Lipinski definition) is 6. The van der Waals surface area contributed by atoms with Crippen molar-refractivity contribution in [3.05, 3.63) is 53.3 Å². The van der Waals surface area contributed by atoms with E-state index in [1.165, 1.54) is 0 Å². The van der Waals surface area contributed by atoms with Crippen LogP contribution in [0.2, 0.25) is 0 Å². The second-order valence-electron chi connectivity index (χ2n) is 8.24. The molecule has 162 valence electrons. The van der Waals surface area contributed by atoms with Crippen LogP contribution >= 0.6 is 0 Å². The third kappa shape index (κ3) is 4.91. The smallest absolute Gasteiger partial charge is 0.269 e. The number of aliphatic hydroxyl groups is 1. The van der Waals surface area contributed by atoms with Gasteiger partial charge in [0.25, 0.3) is 5.91 Å². The third-order valence-corrected chi connectivity index (χ3v) is 5.55. The van der Waals surface area contributed by atoms with Gasteiger partial charge in [0.1, 0.15) is 11.4 Å². The molecule has 0 saturated heterocycles. The van der Waals surface area contributed by atoms with Crippen molar-refractivity contribution in [2.24, 2.45) is 7.05 Å². The second-order valence-corrected chi connectivity index (χ2v) is 8.24. The second kappa shape index (κ2) is 8.85. The Bertz CT molecular complexity index is 1070. The molecule has 1 amide bonds. The molecule has 8 heteroatoms. The Kier molecular flexibility index (Phi) is 5.99. The summed E-state index contributed by atoms with van der Waals surface area (Å²) < 4.78 is 1.54. The molecular weight excluding hydrogens is 392 g/mol. The van der Waals surface area contributed by atoms with Crippen molar-refractivity contribution in [3.8, 4) is 11.4 Å². The maximum absolute atomic E-state index is 12.8. The SMILES string of the molecule is Cc1cc(C)cc(Nc2nccc(-c3cc(C(=O)N[C@@H]4CCCC[C@H]4O)n(C)n3)n2)c1. The van der Waals surface area contributed by atoms with E-state index in [0.29, 0.717) is 23.0 Å². The van der Waals surface area contributed by atoms with E-state index >= 15 is 0 Å². The Morgan fingerprint density at radius 2 is 1.84 bits per heavy atom. The van der Waals surface area contributed by atoms with Crippen LogP contribution in [0.4, 0.5) is 11.6 Å². The van der Waals surface area contributed by atoms with E-state index in [2.05, 4.69) is 31.8 Å². The highest BCUT2D eigenvalue weighted by atomic mass is 16.3. The van der Waals surface area contributed by atoms with Gasteiger partial charge in [0, 0.05) is 18.9 Å². The zero-order valence-electron chi connectivity index (χ0n) is 18.1. The van der Waals surface area contributed by atoms with Crippen molar-refractivity contribution in [1.29, 1.82) is 0 Å². The molecule has 31 heavy (non-hydrogen) atoms. The summed E-state index contributed by atoms with van der Waals surface area (Å²) in [5, 5.41) is 20.8. The van der Waals surface area contributed by atoms with Gasteiger partial charge in [-0.05, 0) is 62.1 Å². The Hall–Kier alpha value is -3.26. The quantitative estimate of drug-likeness (QED) is 0.585. The highest BCUT2D eigenvalue weighted by molar-refractivity contribution is 5.93. The molecule has 1 aromatic carbocycles. The average molecular weight is 421 g/mol. The average Bonchev–Trinajstić information content (AvgIpc) is 3.11. The van der Waals surface area contributed by atoms with E-state index < -0.39 is 6.10 Å². The van der Waals surface area contributed by atoms with Crippen molar-refractivity contribution in [2.45, 2.75) is 51.7 Å². The Morgan fingerprint density at radius 1 is 1.10 bits per heavy atom. The summed E-state index contributed by atoms with van der Waals surface area (Å²) in [5.74, 6) is 0.222. The summed E-state index contributed by atoms with van der Waals surface area (Å²) in [6.45, 7) is 4.09. The molecule has 0 spiro atoms. The number of rotatable bonds is 5. The fourth-order valence-corrected chi connectivity index (χ4v) is 4.06. The predicted octanol–water partition coefficient (Wildman–Crippen LogP) is 3.27. The molecular formula is C23H28N6O2. The highest BCUT2D eigenvalue weighted by Gasteiger charge is 2.26. The molecule has 0 radical (unpaired) electrons. The van der Waals surface area contributed by atoms with Crippen molar-refractivity contribution in [1.82, 2.24) is 25.1 Å². The molecule has 0 unspecified atom stereocenters. The molecule has 1 fully saturated rings. The van der Waals surface area contributed by atoms with Gasteiger partial charge in [-0.25, -0.2) is 9.97 Å². The first-order chi connectivity index (χ1) is 14.9. The molecule has 4 rings (SSSR count). The van der Waals surface area contributed by atoms with Crippen LogP contribution in [0.3, 0.4) is 0 Å². The van der Waals surface area contributed by atoms with E-state index in [-0.39, 0.29) is 11.9 Å². The van der Waals surface area contributed by atoms with Crippen molar-refractivity contribution >= 4 is 17.5 Å². The van der Waals surface area contributed by atoms with E-state index in [0.717, 1.165) is 42.5 Å². The number of hydrogen-bond donors (Lipinski definition) is 3. The number of benzene rings is 1. The largest absolute Gasteiger partial charge is 0.391 e. The van der Waals surface area contributed by atoms with Crippen molar-refractivity contribution in [2.75, 3.05) is 5.32 Å². The maximum atomic E-state index is 12.8. The molecule has 2 heterocycles. The molecule has 2 aromatic heterocycles. The Labute approximate surface area is 181 Å². The van der Waals surface area contributed by atoms with Gasteiger partial charge in [0.15, 0.2) is 0 Å². The minimum Gasteiger partial charge on any atom is -0.391 e. The first-order valence-electron chi connectivity index (χ1n) is 10.6. The fourth-order valence-electron chi connectivity index (χ4n) is 4.06. The number of nitrogens with zero attached hydrogens (tertiary/aromatic N) is 4. The lowest BCUT2D eigenvalue weighted by Gasteiger charge is -2.28. The number of nitrogens with one attached hydrogen (secondary N) is 2. The number of amides is 1. The number of aromatic nitrogens is 4. The van der Waals surface area contributed by atoms with Crippen LogP contribution in [0.25, 0.3) is 11.4 Å². The highest BCUT2D eigenvalue weighted by Crippen LogP contribution is 2.22. The number of aliphatic hydroxyl groups excluding tert-OH is 1. The first kappa shape index (κ1) is 21.0. The van der Waals surface area contributed by atoms with Crippen molar-refractivity contribution < 1.29 is 9.90 Å². The van der Waals surface area contributed by atoms with Crippen LogP contribution in [0.1, 0.15) is 47.3 Å². The predicted molar refractivity (Wildman–Crippen MR) is 119 cm³/mol. The summed E-state index contributed by atoms with van der Waals surface area (Å²) in [7, 11) is 1.73. The van der Waals surface area contributed by atoms with Crippen LogP contribution in [0.15, 0.2) is 36.5 Å². The molecule has 3 N–H and O–H groups in total. The zero-order valence-corrected chi connectivity index (χ0v) is 18.1. The minimum atomic E-state index is -0.494. The molecule has 1 aliphatic carbocycles. The summed E-state index contributed by atoms with van der Waals surface area (Å²) in [5.41, 5.74) is 4.86. The van der Waals surface area contributed by atoms with Gasteiger partial charge in [0.2, 0.25) is 5.95 Å². The Balaban J connectivity index is 1.52. The molecule has 1 aliphatic rings. The summed E-state index contributed by atoms with van der Waals surface area (Å²) >= 11 is 0. The molecule has 2 atom stereocenters. The lowest BCUT2D eigenvalue weighted by atomic mass is 9.92. The van der Waals surface area contributed by atoms with Gasteiger partial charge in [0.05, 0.1) is 17.8 Å². The fraction of sp³-hybridized carbons (Fsp3) is 0.391. The third-order valence-electron chi connectivity index (χ3n) is 5.55. The van der Waals surface area contributed by atoms with Gasteiger partial charge in [-0.2, -0.15) is 5.10 Å². The van der Waals surface area contributed by atoms with Crippen LogP contribution < -0.4 is 10.6 Å². The van der Waals surface area contributed by atoms with Crippen LogP contribution in [-0.2, 0) is 7.05 Å². The number of aryl methyl sites for hydroxylation is 3. The summed E-state index contributed by atoms with van der Waals surface area (Å²) in [6, 6.07) is 9.44. The number of anilines is 2. The Morgan fingerprint density at radius 3 is 2.58 bits per heavy atom. The van der Waals surface area contributed by atoms with Crippen molar-refractivity contribution in [3.63, 3.8) is 0 Å². The zero-order chi connectivity index (χ0) is 22.0. The lowest BCUT2D eigenvalue weighted by Crippen LogP contribution is -2.45. The standard InChI is InChI=1S/C23H28N6O2/c1-14-10-15(2)12-16(11-14)25-23-24-9-8-17(27-23)19-13-20(29(3)28-19)22(31)26-18-6-4-5-7-21(18)30/h8-13,18,21,30H,4-7H2,1-3H3,(H,26,31)(H,24,25,27)/t18-,21-/m1/s1. The van der Waals surface area contributed by atoms with Gasteiger partial charge in [-0.3, -0.25) is 9.48 Å². The topological polar surface area (TPSA) is 105 Å². The van der Waals surface area contributed by atoms with Crippen LogP contribution in [0.5, 0.6) is 0 Å². The summed E-state index contributed by atoms with van der Waals surface area (Å²) in [6.07, 6.45) is 4.69. The van der Waals surface area contributed by atoms with Gasteiger partial charge >= 0.3 is 0 Å². The number of carbonyl (C=O) groups is 1. The monoisotopic (exact) mass is 420 g/mol. The normalized spacial score (nSPS) is 18.6. The molecule has 0 aliphatic heterocycles. The first-order valence-corrected chi connectivity index (χ1v) is 10.6. The lowest BCUT2D eigenvalue weighted by molar-refractivity contribution is 0.0710. The van der Waals surface area contributed by atoms with Crippen LogP contribution in [0, 0.1) is 13.8 Å². The molecule has 3 aromatic rings. The maximum Gasteiger partial charge on any atom is 0.269 e. The number of carbonyl (C=O) groups excluding carboxylic acids is 1.